The zero-order valence-corrected chi connectivity index (χ0v) is 14.8. The van der Waals surface area contributed by atoms with Gasteiger partial charge in [-0.3, -0.25) is 9.69 Å². The third-order valence-corrected chi connectivity index (χ3v) is 5.67. The second kappa shape index (κ2) is 6.62. The van der Waals surface area contributed by atoms with Crippen molar-refractivity contribution in [1.82, 2.24) is 19.2 Å². The lowest BCUT2D eigenvalue weighted by Gasteiger charge is -2.33. The number of aryl methyl sites for hydroxylation is 1. The predicted molar refractivity (Wildman–Crippen MR) is 93.4 cm³/mol. The van der Waals surface area contributed by atoms with E-state index in [9.17, 15) is 13.2 Å². The minimum Gasteiger partial charge on any atom is -0.319 e. The summed E-state index contributed by atoms with van der Waals surface area (Å²) in [6, 6.07) is 5.88. The maximum absolute atomic E-state index is 11.9. The smallest absolute Gasteiger partial charge is 0.270 e. The zero-order chi connectivity index (χ0) is 17.3. The molecule has 0 unspecified atom stereocenters. The first-order chi connectivity index (χ1) is 11.4. The third kappa shape index (κ3) is 3.66. The molecule has 2 aromatic rings. The summed E-state index contributed by atoms with van der Waals surface area (Å²) in [5.41, 5.74) is 3.02. The first-order valence-electron chi connectivity index (χ1n) is 8.06. The molecule has 0 bridgehead atoms. The molecule has 1 aromatic carbocycles. The summed E-state index contributed by atoms with van der Waals surface area (Å²) >= 11 is 0. The average molecular weight is 350 g/mol. The second-order valence-electron chi connectivity index (χ2n) is 6.16. The molecule has 0 radical (unpaired) electrons. The van der Waals surface area contributed by atoms with E-state index in [1.54, 1.807) is 0 Å². The molecule has 7 nitrogen and oxygen atoms in total. The number of piperazine rings is 1. The lowest BCUT2D eigenvalue weighted by molar-refractivity contribution is 0.182. The molecular weight excluding hydrogens is 328 g/mol. The molecule has 1 aliphatic rings. The molecule has 0 atom stereocenters. The number of nitrogens with one attached hydrogen (secondary N) is 1. The van der Waals surface area contributed by atoms with Crippen LogP contribution in [0.4, 0.5) is 0 Å². The van der Waals surface area contributed by atoms with E-state index in [0.717, 1.165) is 23.1 Å². The van der Waals surface area contributed by atoms with Crippen LogP contribution < -0.4 is 5.56 Å². The normalized spacial score (nSPS) is 17.4. The van der Waals surface area contributed by atoms with Crippen molar-refractivity contribution in [1.29, 1.82) is 0 Å². The number of aromatic amines is 1. The fourth-order valence-corrected chi connectivity index (χ4v) is 3.81. The Hall–Kier alpha value is -1.77. The van der Waals surface area contributed by atoms with Crippen LogP contribution in [0.1, 0.15) is 18.2 Å². The SMILES string of the molecule is CCc1nc2ccc(CN3CCN(S(C)(=O)=O)CC3)cc2[nH]c1=O. The number of rotatable bonds is 4. The van der Waals surface area contributed by atoms with Gasteiger partial charge in [-0.05, 0) is 24.1 Å². The molecule has 0 aliphatic carbocycles. The van der Waals surface area contributed by atoms with Crippen LogP contribution in [0.15, 0.2) is 23.0 Å². The van der Waals surface area contributed by atoms with Crippen LogP contribution in [0.25, 0.3) is 11.0 Å². The number of fused-ring (bicyclic) bond motifs is 1. The van der Waals surface area contributed by atoms with E-state index in [4.69, 9.17) is 0 Å². The summed E-state index contributed by atoms with van der Waals surface area (Å²) in [4.78, 5) is 21.4. The van der Waals surface area contributed by atoms with Crippen LogP contribution in [0.3, 0.4) is 0 Å². The number of sulfonamides is 1. The van der Waals surface area contributed by atoms with E-state index in [0.29, 0.717) is 38.3 Å². The topological polar surface area (TPSA) is 86.4 Å². The van der Waals surface area contributed by atoms with Gasteiger partial charge in [-0.1, -0.05) is 13.0 Å². The molecule has 0 spiro atoms. The van der Waals surface area contributed by atoms with E-state index in [1.807, 2.05) is 25.1 Å². The minimum atomic E-state index is -3.10. The largest absolute Gasteiger partial charge is 0.319 e. The van der Waals surface area contributed by atoms with Gasteiger partial charge in [0, 0.05) is 32.7 Å². The molecule has 1 fully saturated rings. The van der Waals surface area contributed by atoms with Crippen LogP contribution >= 0.6 is 0 Å². The molecule has 1 aliphatic heterocycles. The van der Waals surface area contributed by atoms with Crippen molar-refractivity contribution in [2.24, 2.45) is 0 Å². The molecule has 0 saturated carbocycles. The Morgan fingerprint density at radius 2 is 1.92 bits per heavy atom. The van der Waals surface area contributed by atoms with Crippen LogP contribution in [-0.4, -0.2) is 60.0 Å². The van der Waals surface area contributed by atoms with E-state index < -0.39 is 10.0 Å². The first kappa shape index (κ1) is 17.1. The van der Waals surface area contributed by atoms with Crippen LogP contribution in [0, 0.1) is 0 Å². The first-order valence-corrected chi connectivity index (χ1v) is 9.91. The number of aromatic nitrogens is 2. The molecule has 1 aromatic heterocycles. The summed E-state index contributed by atoms with van der Waals surface area (Å²) < 4.78 is 24.6. The number of benzene rings is 1. The summed E-state index contributed by atoms with van der Waals surface area (Å²) in [6.07, 6.45) is 1.86. The highest BCUT2D eigenvalue weighted by Gasteiger charge is 2.23. The van der Waals surface area contributed by atoms with E-state index in [1.165, 1.54) is 10.6 Å². The number of nitrogens with zero attached hydrogens (tertiary/aromatic N) is 3. The van der Waals surface area contributed by atoms with Crippen molar-refractivity contribution in [2.45, 2.75) is 19.9 Å². The summed E-state index contributed by atoms with van der Waals surface area (Å²) in [5.74, 6) is 0. The van der Waals surface area contributed by atoms with Crippen molar-refractivity contribution in [3.8, 4) is 0 Å². The Morgan fingerprint density at radius 3 is 2.54 bits per heavy atom. The third-order valence-electron chi connectivity index (χ3n) is 4.37. The highest BCUT2D eigenvalue weighted by Crippen LogP contribution is 2.15. The monoisotopic (exact) mass is 350 g/mol. The van der Waals surface area contributed by atoms with Crippen LogP contribution in [-0.2, 0) is 23.0 Å². The highest BCUT2D eigenvalue weighted by molar-refractivity contribution is 7.88. The molecule has 130 valence electrons. The molecular formula is C16H22N4O3S. The lowest BCUT2D eigenvalue weighted by atomic mass is 10.1. The van der Waals surface area contributed by atoms with Gasteiger partial charge < -0.3 is 4.98 Å². The minimum absolute atomic E-state index is 0.135. The van der Waals surface area contributed by atoms with Gasteiger partial charge >= 0.3 is 0 Å². The van der Waals surface area contributed by atoms with Gasteiger partial charge in [0.15, 0.2) is 0 Å². The fraction of sp³-hybridized carbons (Fsp3) is 0.500. The van der Waals surface area contributed by atoms with Crippen LogP contribution in [0.5, 0.6) is 0 Å². The molecule has 1 N–H and O–H groups in total. The number of H-pyrrole nitrogens is 1. The maximum Gasteiger partial charge on any atom is 0.270 e. The Kier molecular flexibility index (Phi) is 4.71. The van der Waals surface area contributed by atoms with Gasteiger partial charge in [0.05, 0.1) is 17.3 Å². The molecule has 3 rings (SSSR count). The maximum atomic E-state index is 11.9. The summed E-state index contributed by atoms with van der Waals surface area (Å²) in [6.45, 7) is 5.08. The van der Waals surface area contributed by atoms with Gasteiger partial charge in [0.25, 0.3) is 5.56 Å². The summed E-state index contributed by atoms with van der Waals surface area (Å²) in [7, 11) is -3.10. The Labute approximate surface area is 141 Å². The van der Waals surface area contributed by atoms with Gasteiger partial charge in [0.1, 0.15) is 5.69 Å². The summed E-state index contributed by atoms with van der Waals surface area (Å²) in [5, 5.41) is 0. The van der Waals surface area contributed by atoms with Crippen molar-refractivity contribution in [2.75, 3.05) is 32.4 Å². The molecule has 2 heterocycles. The Balaban J connectivity index is 1.73. The van der Waals surface area contributed by atoms with E-state index in [2.05, 4.69) is 14.9 Å². The number of hydrogen-bond donors (Lipinski definition) is 1. The Bertz CT molecular complexity index is 899. The van der Waals surface area contributed by atoms with Gasteiger partial charge in [0.2, 0.25) is 10.0 Å². The van der Waals surface area contributed by atoms with Gasteiger partial charge in [-0.25, -0.2) is 13.4 Å². The van der Waals surface area contributed by atoms with Gasteiger partial charge in [-0.2, -0.15) is 4.31 Å². The molecule has 1 saturated heterocycles. The standard InChI is InChI=1S/C16H22N4O3S/c1-3-13-16(21)18-15-10-12(4-5-14(15)17-13)11-19-6-8-20(9-7-19)24(2,22)23/h4-5,10H,3,6-9,11H2,1-2H3,(H,18,21). The quantitative estimate of drug-likeness (QED) is 0.871. The van der Waals surface area contributed by atoms with E-state index in [-0.39, 0.29) is 5.56 Å². The Morgan fingerprint density at radius 1 is 1.21 bits per heavy atom. The predicted octanol–water partition coefficient (Wildman–Crippen LogP) is 0.563. The molecule has 24 heavy (non-hydrogen) atoms. The van der Waals surface area contributed by atoms with Crippen molar-refractivity contribution in [3.63, 3.8) is 0 Å². The highest BCUT2D eigenvalue weighted by atomic mass is 32.2. The van der Waals surface area contributed by atoms with Crippen molar-refractivity contribution < 1.29 is 8.42 Å². The van der Waals surface area contributed by atoms with E-state index >= 15 is 0 Å². The molecule has 8 heteroatoms. The van der Waals surface area contributed by atoms with Gasteiger partial charge in [-0.15, -0.1) is 0 Å². The fourth-order valence-electron chi connectivity index (χ4n) is 2.99. The lowest BCUT2D eigenvalue weighted by Crippen LogP contribution is -2.47. The average Bonchev–Trinajstić information content (AvgIpc) is 2.54. The van der Waals surface area contributed by atoms with Crippen molar-refractivity contribution >= 4 is 21.1 Å². The van der Waals surface area contributed by atoms with Crippen molar-refractivity contribution in [3.05, 3.63) is 39.8 Å². The van der Waals surface area contributed by atoms with Crippen LogP contribution in [0.2, 0.25) is 0 Å². The number of hydrogen-bond acceptors (Lipinski definition) is 5. The zero-order valence-electron chi connectivity index (χ0n) is 13.9. The molecule has 0 amide bonds. The second-order valence-corrected chi connectivity index (χ2v) is 8.14.